The topological polar surface area (TPSA) is 54.1 Å². The van der Waals surface area contributed by atoms with Crippen LogP contribution in [0.5, 0.6) is 0 Å². The van der Waals surface area contributed by atoms with Gasteiger partial charge in [0.15, 0.2) is 0 Å². The van der Waals surface area contributed by atoms with E-state index in [0.717, 1.165) is 32.3 Å². The SMILES string of the molecule is Cc1ccc2c(CCNC(=O)CC[C@H]3CCCO3)c[nH]c2c1. The molecular formula is C18H24N2O2. The molecule has 0 saturated carbocycles. The number of fused-ring (bicyclic) bond motifs is 1. The van der Waals surface area contributed by atoms with Gasteiger partial charge in [-0.1, -0.05) is 12.1 Å². The van der Waals surface area contributed by atoms with Gasteiger partial charge in [0.25, 0.3) is 0 Å². The molecule has 4 nitrogen and oxygen atoms in total. The highest BCUT2D eigenvalue weighted by Crippen LogP contribution is 2.20. The molecule has 0 radical (unpaired) electrons. The summed E-state index contributed by atoms with van der Waals surface area (Å²) in [6.45, 7) is 3.63. The summed E-state index contributed by atoms with van der Waals surface area (Å²) in [6, 6.07) is 6.43. The van der Waals surface area contributed by atoms with Crippen molar-refractivity contribution in [2.24, 2.45) is 0 Å². The Labute approximate surface area is 131 Å². The summed E-state index contributed by atoms with van der Waals surface area (Å²) in [6.07, 6.45) is 6.84. The largest absolute Gasteiger partial charge is 0.378 e. The molecule has 0 aliphatic carbocycles. The van der Waals surface area contributed by atoms with Gasteiger partial charge in [-0.15, -0.1) is 0 Å². The first-order valence-electron chi connectivity index (χ1n) is 8.17. The van der Waals surface area contributed by atoms with Crippen LogP contribution >= 0.6 is 0 Å². The van der Waals surface area contributed by atoms with E-state index in [2.05, 4.69) is 35.4 Å². The number of aryl methyl sites for hydroxylation is 1. The van der Waals surface area contributed by atoms with Gasteiger partial charge in [-0.3, -0.25) is 4.79 Å². The molecule has 1 aliphatic rings. The maximum absolute atomic E-state index is 11.9. The molecule has 1 amide bonds. The number of amides is 1. The van der Waals surface area contributed by atoms with Gasteiger partial charge in [-0.2, -0.15) is 0 Å². The van der Waals surface area contributed by atoms with Crippen LogP contribution in [0.15, 0.2) is 24.4 Å². The second kappa shape index (κ2) is 6.97. The summed E-state index contributed by atoms with van der Waals surface area (Å²) < 4.78 is 5.54. The molecular weight excluding hydrogens is 276 g/mol. The zero-order valence-corrected chi connectivity index (χ0v) is 13.2. The van der Waals surface area contributed by atoms with Crippen LogP contribution in [0.2, 0.25) is 0 Å². The molecule has 1 aromatic carbocycles. The summed E-state index contributed by atoms with van der Waals surface area (Å²) in [5.41, 5.74) is 3.68. The molecule has 1 aromatic heterocycles. The van der Waals surface area contributed by atoms with Crippen LogP contribution in [0, 0.1) is 6.92 Å². The number of hydrogen-bond acceptors (Lipinski definition) is 2. The number of nitrogens with one attached hydrogen (secondary N) is 2. The molecule has 1 fully saturated rings. The lowest BCUT2D eigenvalue weighted by molar-refractivity contribution is -0.121. The van der Waals surface area contributed by atoms with Gasteiger partial charge in [0.05, 0.1) is 6.10 Å². The number of ether oxygens (including phenoxy) is 1. The van der Waals surface area contributed by atoms with Crippen LogP contribution in [-0.4, -0.2) is 30.1 Å². The van der Waals surface area contributed by atoms with Gasteiger partial charge in [0, 0.05) is 36.7 Å². The summed E-state index contributed by atoms with van der Waals surface area (Å²) in [4.78, 5) is 15.2. The van der Waals surface area contributed by atoms with Gasteiger partial charge >= 0.3 is 0 Å². The average Bonchev–Trinajstić information content (AvgIpc) is 3.15. The van der Waals surface area contributed by atoms with Gasteiger partial charge in [0.2, 0.25) is 5.91 Å². The predicted octanol–water partition coefficient (Wildman–Crippen LogP) is 3.09. The van der Waals surface area contributed by atoms with Gasteiger partial charge in [-0.25, -0.2) is 0 Å². The number of rotatable bonds is 6. The van der Waals surface area contributed by atoms with E-state index in [9.17, 15) is 4.79 Å². The quantitative estimate of drug-likeness (QED) is 0.861. The van der Waals surface area contributed by atoms with Crippen LogP contribution in [-0.2, 0) is 16.0 Å². The standard InChI is InChI=1S/C18H24N2O2/c1-13-4-6-16-14(12-20-17(16)11-13)8-9-19-18(21)7-5-15-3-2-10-22-15/h4,6,11-12,15,20H,2-3,5,7-10H2,1H3,(H,19,21)/t15-/m1/s1. The van der Waals surface area contributed by atoms with E-state index in [4.69, 9.17) is 4.74 Å². The fourth-order valence-corrected chi connectivity index (χ4v) is 3.10. The van der Waals surface area contributed by atoms with Crippen molar-refractivity contribution in [2.75, 3.05) is 13.2 Å². The highest BCUT2D eigenvalue weighted by molar-refractivity contribution is 5.84. The Kier molecular flexibility index (Phi) is 4.78. The Hall–Kier alpha value is -1.81. The summed E-state index contributed by atoms with van der Waals surface area (Å²) >= 11 is 0. The van der Waals surface area contributed by atoms with Crippen LogP contribution in [0.25, 0.3) is 10.9 Å². The summed E-state index contributed by atoms with van der Waals surface area (Å²) in [5.74, 6) is 0.131. The molecule has 0 bridgehead atoms. The third kappa shape index (κ3) is 3.69. The predicted molar refractivity (Wildman–Crippen MR) is 88.0 cm³/mol. The van der Waals surface area contributed by atoms with Crippen molar-refractivity contribution < 1.29 is 9.53 Å². The Morgan fingerprint density at radius 3 is 3.18 bits per heavy atom. The van der Waals surface area contributed by atoms with Crippen molar-refractivity contribution in [3.63, 3.8) is 0 Å². The second-order valence-corrected chi connectivity index (χ2v) is 6.14. The third-order valence-corrected chi connectivity index (χ3v) is 4.36. The smallest absolute Gasteiger partial charge is 0.220 e. The lowest BCUT2D eigenvalue weighted by Gasteiger charge is -2.09. The molecule has 0 spiro atoms. The Balaban J connectivity index is 1.44. The number of hydrogen-bond donors (Lipinski definition) is 2. The van der Waals surface area contributed by atoms with Gasteiger partial charge in [0.1, 0.15) is 0 Å². The number of carbonyl (C=O) groups is 1. The van der Waals surface area contributed by atoms with E-state index in [1.54, 1.807) is 0 Å². The lowest BCUT2D eigenvalue weighted by atomic mass is 10.1. The monoisotopic (exact) mass is 300 g/mol. The second-order valence-electron chi connectivity index (χ2n) is 6.14. The van der Waals surface area contributed by atoms with Crippen LogP contribution < -0.4 is 5.32 Å². The molecule has 3 rings (SSSR count). The molecule has 1 atom stereocenters. The first kappa shape index (κ1) is 15.1. The molecule has 1 saturated heterocycles. The zero-order chi connectivity index (χ0) is 15.4. The van der Waals surface area contributed by atoms with Crippen molar-refractivity contribution in [3.8, 4) is 0 Å². The number of benzene rings is 1. The molecule has 2 N–H and O–H groups in total. The fourth-order valence-electron chi connectivity index (χ4n) is 3.10. The minimum absolute atomic E-state index is 0.131. The number of aromatic nitrogens is 1. The summed E-state index contributed by atoms with van der Waals surface area (Å²) in [7, 11) is 0. The number of aromatic amines is 1. The van der Waals surface area contributed by atoms with Crippen molar-refractivity contribution in [1.82, 2.24) is 10.3 Å². The number of H-pyrrole nitrogens is 1. The number of carbonyl (C=O) groups excluding carboxylic acids is 1. The van der Waals surface area contributed by atoms with Crippen molar-refractivity contribution in [1.29, 1.82) is 0 Å². The normalized spacial score (nSPS) is 18.0. The van der Waals surface area contributed by atoms with Crippen LogP contribution in [0.1, 0.15) is 36.8 Å². The van der Waals surface area contributed by atoms with E-state index >= 15 is 0 Å². The highest BCUT2D eigenvalue weighted by Gasteiger charge is 2.16. The van der Waals surface area contributed by atoms with Crippen molar-refractivity contribution in [3.05, 3.63) is 35.5 Å². The van der Waals surface area contributed by atoms with Gasteiger partial charge < -0.3 is 15.0 Å². The van der Waals surface area contributed by atoms with E-state index in [0.29, 0.717) is 19.1 Å². The zero-order valence-electron chi connectivity index (χ0n) is 13.2. The van der Waals surface area contributed by atoms with E-state index in [1.165, 1.54) is 22.0 Å². The molecule has 0 unspecified atom stereocenters. The van der Waals surface area contributed by atoms with E-state index in [1.807, 2.05) is 6.20 Å². The first-order chi connectivity index (χ1) is 10.7. The molecule has 4 heteroatoms. The van der Waals surface area contributed by atoms with E-state index < -0.39 is 0 Å². The molecule has 22 heavy (non-hydrogen) atoms. The van der Waals surface area contributed by atoms with Crippen molar-refractivity contribution >= 4 is 16.8 Å². The summed E-state index contributed by atoms with van der Waals surface area (Å²) in [5, 5.41) is 4.26. The Morgan fingerprint density at radius 2 is 2.36 bits per heavy atom. The lowest BCUT2D eigenvalue weighted by Crippen LogP contribution is -2.26. The van der Waals surface area contributed by atoms with Crippen LogP contribution in [0.3, 0.4) is 0 Å². The molecule has 118 valence electrons. The average molecular weight is 300 g/mol. The first-order valence-corrected chi connectivity index (χ1v) is 8.17. The maximum Gasteiger partial charge on any atom is 0.220 e. The van der Waals surface area contributed by atoms with Crippen molar-refractivity contribution in [2.45, 2.75) is 45.1 Å². The molecule has 2 aromatic rings. The fraction of sp³-hybridized carbons (Fsp3) is 0.500. The van der Waals surface area contributed by atoms with Crippen LogP contribution in [0.4, 0.5) is 0 Å². The third-order valence-electron chi connectivity index (χ3n) is 4.36. The minimum Gasteiger partial charge on any atom is -0.378 e. The Morgan fingerprint density at radius 1 is 1.45 bits per heavy atom. The maximum atomic E-state index is 11.9. The minimum atomic E-state index is 0.131. The van der Waals surface area contributed by atoms with E-state index in [-0.39, 0.29) is 5.91 Å². The highest BCUT2D eigenvalue weighted by atomic mass is 16.5. The Bertz CT molecular complexity index is 642. The molecule has 2 heterocycles. The van der Waals surface area contributed by atoms with Gasteiger partial charge in [-0.05, 0) is 49.8 Å². The molecule has 1 aliphatic heterocycles.